The highest BCUT2D eigenvalue weighted by Crippen LogP contribution is 2.28. The number of ether oxygens (including phenoxy) is 2. The molecule has 0 aliphatic heterocycles. The van der Waals surface area contributed by atoms with E-state index in [0.717, 1.165) is 37.5 Å². The number of hydrogen-bond acceptors (Lipinski definition) is 3. The molecule has 1 N–H and O–H groups in total. The fraction of sp³-hybridized carbons (Fsp3) is 0.625. The first-order valence-electron chi connectivity index (χ1n) is 7.33. The highest BCUT2D eigenvalue weighted by molar-refractivity contribution is 5.43. The predicted molar refractivity (Wildman–Crippen MR) is 80.0 cm³/mol. The molecule has 0 aliphatic carbocycles. The molecule has 0 bridgehead atoms. The molecule has 0 saturated heterocycles. The Morgan fingerprint density at radius 3 is 2.53 bits per heavy atom. The zero-order valence-corrected chi connectivity index (χ0v) is 12.7. The van der Waals surface area contributed by atoms with Gasteiger partial charge in [0.25, 0.3) is 0 Å². The molecule has 1 aromatic carbocycles. The lowest BCUT2D eigenvalue weighted by Crippen LogP contribution is -2.24. The van der Waals surface area contributed by atoms with Crippen molar-refractivity contribution in [3.63, 3.8) is 0 Å². The van der Waals surface area contributed by atoms with E-state index in [9.17, 15) is 0 Å². The van der Waals surface area contributed by atoms with Gasteiger partial charge in [-0.3, -0.25) is 0 Å². The fourth-order valence-corrected chi connectivity index (χ4v) is 1.70. The van der Waals surface area contributed by atoms with Crippen LogP contribution in [-0.4, -0.2) is 19.3 Å². The Bertz CT molecular complexity index is 366. The van der Waals surface area contributed by atoms with E-state index in [0.29, 0.717) is 12.6 Å². The third-order valence-electron chi connectivity index (χ3n) is 3.04. The summed E-state index contributed by atoms with van der Waals surface area (Å²) >= 11 is 0. The van der Waals surface area contributed by atoms with Gasteiger partial charge in [0.05, 0.1) is 13.2 Å². The lowest BCUT2D eigenvalue weighted by atomic mass is 10.1. The first-order chi connectivity index (χ1) is 9.21. The molecule has 0 unspecified atom stereocenters. The smallest absolute Gasteiger partial charge is 0.161 e. The van der Waals surface area contributed by atoms with Gasteiger partial charge >= 0.3 is 0 Å². The van der Waals surface area contributed by atoms with Gasteiger partial charge in [-0.2, -0.15) is 0 Å². The summed E-state index contributed by atoms with van der Waals surface area (Å²) in [7, 11) is 0. The van der Waals surface area contributed by atoms with E-state index in [1.165, 1.54) is 5.56 Å². The normalized spacial score (nSPS) is 12.2. The summed E-state index contributed by atoms with van der Waals surface area (Å²) in [5.74, 6) is 1.69. The molecule has 1 aromatic rings. The molecule has 0 aliphatic rings. The van der Waals surface area contributed by atoms with E-state index in [4.69, 9.17) is 9.47 Å². The summed E-state index contributed by atoms with van der Waals surface area (Å²) in [4.78, 5) is 0. The van der Waals surface area contributed by atoms with Crippen molar-refractivity contribution < 1.29 is 9.47 Å². The van der Waals surface area contributed by atoms with Crippen molar-refractivity contribution >= 4 is 0 Å². The molecular weight excluding hydrogens is 238 g/mol. The van der Waals surface area contributed by atoms with E-state index in [-0.39, 0.29) is 0 Å². The van der Waals surface area contributed by atoms with Crippen molar-refractivity contribution in [3.05, 3.63) is 23.8 Å². The van der Waals surface area contributed by atoms with Crippen molar-refractivity contribution in [2.75, 3.05) is 13.2 Å². The highest BCUT2D eigenvalue weighted by Gasteiger charge is 2.07. The van der Waals surface area contributed by atoms with Gasteiger partial charge in [-0.15, -0.1) is 0 Å². The second-order valence-electron chi connectivity index (χ2n) is 4.75. The van der Waals surface area contributed by atoms with Gasteiger partial charge in [-0.05, 0) is 44.4 Å². The number of rotatable bonds is 9. The van der Waals surface area contributed by atoms with Crippen LogP contribution < -0.4 is 14.8 Å². The summed E-state index contributed by atoms with van der Waals surface area (Å²) < 4.78 is 11.4. The van der Waals surface area contributed by atoms with Crippen molar-refractivity contribution in [1.29, 1.82) is 0 Å². The molecule has 0 amide bonds. The highest BCUT2D eigenvalue weighted by atomic mass is 16.5. The van der Waals surface area contributed by atoms with Crippen LogP contribution in [-0.2, 0) is 6.54 Å². The standard InChI is InChI=1S/C16H27NO2/c1-5-10-19-15-9-8-14(11-16(15)18-7-3)12-17-13(4)6-2/h8-9,11,13,17H,5-7,10,12H2,1-4H3/t13-/m1/s1. The molecule has 19 heavy (non-hydrogen) atoms. The first kappa shape index (κ1) is 15.8. The van der Waals surface area contributed by atoms with Crippen LogP contribution in [0.5, 0.6) is 11.5 Å². The van der Waals surface area contributed by atoms with Crippen LogP contribution in [0.1, 0.15) is 46.1 Å². The Balaban J connectivity index is 2.71. The van der Waals surface area contributed by atoms with Crippen molar-refractivity contribution in [2.45, 2.75) is 53.1 Å². The number of nitrogens with one attached hydrogen (secondary N) is 1. The quantitative estimate of drug-likeness (QED) is 0.737. The lowest BCUT2D eigenvalue weighted by molar-refractivity contribution is 0.276. The van der Waals surface area contributed by atoms with Crippen LogP contribution in [0.15, 0.2) is 18.2 Å². The minimum absolute atomic E-state index is 0.534. The molecule has 0 spiro atoms. The lowest BCUT2D eigenvalue weighted by Gasteiger charge is -2.15. The van der Waals surface area contributed by atoms with Crippen LogP contribution >= 0.6 is 0 Å². The van der Waals surface area contributed by atoms with Gasteiger partial charge in [0.1, 0.15) is 0 Å². The summed E-state index contributed by atoms with van der Waals surface area (Å²) in [5, 5.41) is 3.48. The number of hydrogen-bond donors (Lipinski definition) is 1. The van der Waals surface area contributed by atoms with Gasteiger partial charge in [0.15, 0.2) is 11.5 Å². The van der Waals surface area contributed by atoms with Crippen molar-refractivity contribution in [1.82, 2.24) is 5.32 Å². The average molecular weight is 265 g/mol. The monoisotopic (exact) mass is 265 g/mol. The Labute approximate surface area is 117 Å². The van der Waals surface area contributed by atoms with E-state index < -0.39 is 0 Å². The molecule has 108 valence electrons. The summed E-state index contributed by atoms with van der Waals surface area (Å²) in [6, 6.07) is 6.72. The topological polar surface area (TPSA) is 30.5 Å². The van der Waals surface area contributed by atoms with E-state index in [1.54, 1.807) is 0 Å². The average Bonchev–Trinajstić information content (AvgIpc) is 2.44. The van der Waals surface area contributed by atoms with Crippen LogP contribution in [0.4, 0.5) is 0 Å². The maximum absolute atomic E-state index is 5.70. The fourth-order valence-electron chi connectivity index (χ4n) is 1.70. The summed E-state index contributed by atoms with van der Waals surface area (Å²) in [6.45, 7) is 10.7. The molecule has 0 saturated carbocycles. The Kier molecular flexibility index (Phi) is 7.34. The van der Waals surface area contributed by atoms with E-state index >= 15 is 0 Å². The Morgan fingerprint density at radius 1 is 1.11 bits per heavy atom. The minimum atomic E-state index is 0.534. The molecule has 1 rings (SSSR count). The summed E-state index contributed by atoms with van der Waals surface area (Å²) in [5.41, 5.74) is 1.23. The van der Waals surface area contributed by atoms with Crippen LogP contribution in [0.2, 0.25) is 0 Å². The zero-order chi connectivity index (χ0) is 14.1. The predicted octanol–water partition coefficient (Wildman–Crippen LogP) is 3.76. The minimum Gasteiger partial charge on any atom is -0.490 e. The first-order valence-corrected chi connectivity index (χ1v) is 7.33. The maximum Gasteiger partial charge on any atom is 0.161 e. The molecule has 1 atom stereocenters. The Morgan fingerprint density at radius 2 is 1.89 bits per heavy atom. The maximum atomic E-state index is 5.70. The van der Waals surface area contributed by atoms with E-state index in [1.807, 2.05) is 13.0 Å². The molecule has 0 fully saturated rings. The summed E-state index contributed by atoms with van der Waals surface area (Å²) in [6.07, 6.45) is 2.14. The van der Waals surface area contributed by atoms with Crippen LogP contribution in [0.3, 0.4) is 0 Å². The van der Waals surface area contributed by atoms with Gasteiger partial charge in [0.2, 0.25) is 0 Å². The van der Waals surface area contributed by atoms with E-state index in [2.05, 4.69) is 38.2 Å². The zero-order valence-electron chi connectivity index (χ0n) is 12.7. The number of benzene rings is 1. The van der Waals surface area contributed by atoms with Gasteiger partial charge in [0, 0.05) is 12.6 Å². The third-order valence-corrected chi connectivity index (χ3v) is 3.04. The molecule has 0 radical (unpaired) electrons. The molecule has 3 nitrogen and oxygen atoms in total. The molecular formula is C16H27NO2. The molecule has 0 heterocycles. The van der Waals surface area contributed by atoms with Gasteiger partial charge < -0.3 is 14.8 Å². The van der Waals surface area contributed by atoms with Crippen LogP contribution in [0.25, 0.3) is 0 Å². The Hall–Kier alpha value is -1.22. The van der Waals surface area contributed by atoms with Crippen LogP contribution in [0, 0.1) is 0 Å². The van der Waals surface area contributed by atoms with Gasteiger partial charge in [-0.1, -0.05) is 19.9 Å². The largest absolute Gasteiger partial charge is 0.490 e. The molecule has 3 heteroatoms. The SMILES string of the molecule is CCCOc1ccc(CN[C@H](C)CC)cc1OCC. The third kappa shape index (κ3) is 5.52. The second kappa shape index (κ2) is 8.81. The van der Waals surface area contributed by atoms with Crippen molar-refractivity contribution in [3.8, 4) is 11.5 Å². The van der Waals surface area contributed by atoms with Gasteiger partial charge in [-0.25, -0.2) is 0 Å². The molecule has 0 aromatic heterocycles. The van der Waals surface area contributed by atoms with Crippen molar-refractivity contribution in [2.24, 2.45) is 0 Å². The second-order valence-corrected chi connectivity index (χ2v) is 4.75.